The van der Waals surface area contributed by atoms with Gasteiger partial charge in [0, 0.05) is 13.0 Å². The van der Waals surface area contributed by atoms with E-state index in [-0.39, 0.29) is 12.6 Å². The Kier molecular flexibility index (Phi) is 42.0. The number of aliphatic hydroxyl groups excluding tert-OH is 1. The van der Waals surface area contributed by atoms with Gasteiger partial charge >= 0.3 is 5.97 Å². The van der Waals surface area contributed by atoms with Crippen molar-refractivity contribution in [3.05, 3.63) is 24.3 Å². The normalized spacial score (nSPS) is 12.5. The third kappa shape index (κ3) is 41.2. The number of rotatable bonds is 41. The van der Waals surface area contributed by atoms with E-state index in [2.05, 4.69) is 38.2 Å². The molecule has 0 fully saturated rings. The number of ether oxygens (including phenoxy) is 2. The summed E-state index contributed by atoms with van der Waals surface area (Å²) in [6.45, 7) is 5.36. The van der Waals surface area contributed by atoms with Crippen LogP contribution in [0.15, 0.2) is 24.3 Å². The Morgan fingerprint density at radius 2 is 0.857 bits per heavy atom. The van der Waals surface area contributed by atoms with Gasteiger partial charge < -0.3 is 14.6 Å². The molecule has 0 saturated heterocycles. The van der Waals surface area contributed by atoms with Crippen LogP contribution >= 0.6 is 0 Å². The van der Waals surface area contributed by atoms with E-state index < -0.39 is 6.10 Å². The van der Waals surface area contributed by atoms with Crippen molar-refractivity contribution in [1.29, 1.82) is 0 Å². The van der Waals surface area contributed by atoms with Crippen LogP contribution in [0.4, 0.5) is 0 Å². The van der Waals surface area contributed by atoms with Crippen molar-refractivity contribution >= 4 is 5.97 Å². The van der Waals surface area contributed by atoms with Gasteiger partial charge in [-0.25, -0.2) is 0 Å². The quantitative estimate of drug-likeness (QED) is 0.0394. The first-order chi connectivity index (χ1) is 24.2. The first-order valence-electron chi connectivity index (χ1n) is 21.9. The number of unbranched alkanes of at least 4 members (excludes halogenated alkanes) is 29. The summed E-state index contributed by atoms with van der Waals surface area (Å²) in [5.74, 6) is -0.201. The third-order valence-corrected chi connectivity index (χ3v) is 9.78. The van der Waals surface area contributed by atoms with Gasteiger partial charge in [0.05, 0.1) is 13.2 Å². The van der Waals surface area contributed by atoms with E-state index in [0.717, 1.165) is 25.7 Å². The van der Waals surface area contributed by atoms with Gasteiger partial charge in [-0.1, -0.05) is 205 Å². The highest BCUT2D eigenvalue weighted by molar-refractivity contribution is 5.69. The second-order valence-electron chi connectivity index (χ2n) is 14.8. The summed E-state index contributed by atoms with van der Waals surface area (Å²) in [5.41, 5.74) is 0. The van der Waals surface area contributed by atoms with Crippen LogP contribution in [0.25, 0.3) is 0 Å². The van der Waals surface area contributed by atoms with Crippen LogP contribution in [-0.2, 0) is 14.3 Å². The molecule has 1 atom stereocenters. The molecule has 4 nitrogen and oxygen atoms in total. The Morgan fingerprint density at radius 3 is 1.31 bits per heavy atom. The molecule has 0 aliphatic rings. The van der Waals surface area contributed by atoms with Crippen molar-refractivity contribution < 1.29 is 19.4 Å². The molecule has 0 heterocycles. The predicted molar refractivity (Wildman–Crippen MR) is 214 cm³/mol. The highest BCUT2D eigenvalue weighted by Crippen LogP contribution is 2.15. The number of allylic oxidation sites excluding steroid dienone is 4. The molecule has 49 heavy (non-hydrogen) atoms. The molecule has 0 bridgehead atoms. The monoisotopic (exact) mass is 691 g/mol. The maximum absolute atomic E-state index is 12.2. The zero-order valence-corrected chi connectivity index (χ0v) is 33.2. The minimum absolute atomic E-state index is 0.169. The molecule has 0 radical (unpaired) electrons. The summed E-state index contributed by atoms with van der Waals surface area (Å²) < 4.78 is 11.2. The molecule has 290 valence electrons. The standard InChI is InChI=1S/C45H86O4/c1-3-5-7-9-11-13-15-17-19-21-23-24-26-28-30-32-34-36-38-40-45(47)49-44(42-46)43-48-41-39-37-35-33-31-29-27-25-22-20-18-16-14-12-10-8-6-4-2/h11,13,17,19,44,46H,3-10,12,14-16,18,20-43H2,1-2H3/b13-11-,19-17-. The van der Waals surface area contributed by atoms with Crippen molar-refractivity contribution in [3.8, 4) is 0 Å². The first-order valence-corrected chi connectivity index (χ1v) is 21.9. The molecule has 4 heteroatoms. The number of aliphatic hydroxyl groups is 1. The molecule has 1 N–H and O–H groups in total. The molecule has 0 spiro atoms. The van der Waals surface area contributed by atoms with Gasteiger partial charge in [-0.15, -0.1) is 0 Å². The van der Waals surface area contributed by atoms with Crippen molar-refractivity contribution in [1.82, 2.24) is 0 Å². The van der Waals surface area contributed by atoms with Crippen LogP contribution in [0.3, 0.4) is 0 Å². The predicted octanol–water partition coefficient (Wildman–Crippen LogP) is 14.3. The van der Waals surface area contributed by atoms with Crippen molar-refractivity contribution in [3.63, 3.8) is 0 Å². The molecule has 0 saturated carbocycles. The van der Waals surface area contributed by atoms with E-state index in [1.165, 1.54) is 186 Å². The van der Waals surface area contributed by atoms with E-state index in [9.17, 15) is 9.90 Å². The number of hydrogen-bond acceptors (Lipinski definition) is 4. The zero-order valence-electron chi connectivity index (χ0n) is 33.2. The van der Waals surface area contributed by atoms with Crippen LogP contribution in [0.5, 0.6) is 0 Å². The SMILES string of the molecule is CCCCC/C=C\C/C=C\CCCCCCCCCCCC(=O)OC(CO)COCCCCCCCCCCCCCCCCCCCC. The zero-order chi connectivity index (χ0) is 35.6. The highest BCUT2D eigenvalue weighted by atomic mass is 16.6. The second-order valence-corrected chi connectivity index (χ2v) is 14.8. The fourth-order valence-electron chi connectivity index (χ4n) is 6.48. The van der Waals surface area contributed by atoms with Crippen molar-refractivity contribution in [2.24, 2.45) is 0 Å². The lowest BCUT2D eigenvalue weighted by molar-refractivity contribution is -0.154. The largest absolute Gasteiger partial charge is 0.457 e. The van der Waals surface area contributed by atoms with Crippen LogP contribution in [-0.4, -0.2) is 37.0 Å². The lowest BCUT2D eigenvalue weighted by Crippen LogP contribution is -2.27. The number of hydrogen-bond donors (Lipinski definition) is 1. The molecule has 0 aliphatic heterocycles. The minimum Gasteiger partial charge on any atom is -0.457 e. The van der Waals surface area contributed by atoms with Crippen LogP contribution in [0, 0.1) is 0 Å². The van der Waals surface area contributed by atoms with Gasteiger partial charge in [0.25, 0.3) is 0 Å². The second kappa shape index (κ2) is 43.0. The van der Waals surface area contributed by atoms with E-state index in [4.69, 9.17) is 9.47 Å². The topological polar surface area (TPSA) is 55.8 Å². The number of carbonyl (C=O) groups is 1. The lowest BCUT2D eigenvalue weighted by atomic mass is 10.0. The summed E-state index contributed by atoms with van der Waals surface area (Å²) in [6, 6.07) is 0. The Morgan fingerprint density at radius 1 is 0.490 bits per heavy atom. The number of carbonyl (C=O) groups excluding carboxylic acids is 1. The average molecular weight is 691 g/mol. The molecular weight excluding hydrogens is 604 g/mol. The molecule has 0 aliphatic carbocycles. The van der Waals surface area contributed by atoms with Gasteiger partial charge in [-0.05, 0) is 44.9 Å². The van der Waals surface area contributed by atoms with Crippen LogP contribution in [0.2, 0.25) is 0 Å². The van der Waals surface area contributed by atoms with Crippen LogP contribution in [0.1, 0.15) is 232 Å². The maximum Gasteiger partial charge on any atom is 0.306 e. The van der Waals surface area contributed by atoms with Gasteiger partial charge in [0.1, 0.15) is 6.10 Å². The summed E-state index contributed by atoms with van der Waals surface area (Å²) in [4.78, 5) is 12.2. The van der Waals surface area contributed by atoms with Gasteiger partial charge in [-0.3, -0.25) is 4.79 Å². The molecule has 0 rings (SSSR count). The molecule has 0 aromatic heterocycles. The van der Waals surface area contributed by atoms with Crippen molar-refractivity contribution in [2.45, 2.75) is 238 Å². The highest BCUT2D eigenvalue weighted by Gasteiger charge is 2.13. The molecule has 1 unspecified atom stereocenters. The summed E-state index contributed by atoms with van der Waals surface area (Å²) in [6.07, 6.45) is 52.4. The van der Waals surface area contributed by atoms with Gasteiger partial charge in [-0.2, -0.15) is 0 Å². The molecule has 0 aromatic carbocycles. The van der Waals surface area contributed by atoms with E-state index in [1.807, 2.05) is 0 Å². The Bertz CT molecular complexity index is 688. The maximum atomic E-state index is 12.2. The van der Waals surface area contributed by atoms with E-state index in [1.54, 1.807) is 0 Å². The number of esters is 1. The molecule has 0 aromatic rings. The first kappa shape index (κ1) is 47.9. The van der Waals surface area contributed by atoms with Gasteiger partial charge in [0.15, 0.2) is 0 Å². The van der Waals surface area contributed by atoms with Crippen molar-refractivity contribution in [2.75, 3.05) is 19.8 Å². The van der Waals surface area contributed by atoms with Crippen LogP contribution < -0.4 is 0 Å². The van der Waals surface area contributed by atoms with E-state index >= 15 is 0 Å². The summed E-state index contributed by atoms with van der Waals surface area (Å²) >= 11 is 0. The summed E-state index contributed by atoms with van der Waals surface area (Å²) in [7, 11) is 0. The smallest absolute Gasteiger partial charge is 0.306 e. The molecular formula is C45H86O4. The Balaban J connectivity index is 3.39. The Labute approximate surface area is 307 Å². The minimum atomic E-state index is -0.532. The van der Waals surface area contributed by atoms with E-state index in [0.29, 0.717) is 19.6 Å². The fourth-order valence-corrected chi connectivity index (χ4v) is 6.48. The lowest BCUT2D eigenvalue weighted by Gasteiger charge is -2.16. The van der Waals surface area contributed by atoms with Gasteiger partial charge in [0.2, 0.25) is 0 Å². The summed E-state index contributed by atoms with van der Waals surface area (Å²) in [5, 5.41) is 9.61. The third-order valence-electron chi connectivity index (χ3n) is 9.78. The average Bonchev–Trinajstić information content (AvgIpc) is 3.11. The molecule has 0 amide bonds. The fraction of sp³-hybridized carbons (Fsp3) is 0.889. The Hall–Kier alpha value is -1.13.